The third-order valence-corrected chi connectivity index (χ3v) is 6.95. The molecule has 39 heavy (non-hydrogen) atoms. The van der Waals surface area contributed by atoms with E-state index in [1.807, 2.05) is 61.5 Å². The minimum Gasteiger partial charge on any atom is -0.497 e. The Morgan fingerprint density at radius 2 is 1.77 bits per heavy atom. The van der Waals surface area contributed by atoms with Gasteiger partial charge in [0.25, 0.3) is 5.91 Å². The van der Waals surface area contributed by atoms with E-state index in [2.05, 4.69) is 4.98 Å². The third kappa shape index (κ3) is 5.65. The summed E-state index contributed by atoms with van der Waals surface area (Å²) in [7, 11) is 3.24. The van der Waals surface area contributed by atoms with Crippen LogP contribution in [0.1, 0.15) is 39.3 Å². The Morgan fingerprint density at radius 1 is 1.00 bits per heavy atom. The number of carbonyl (C=O) groups is 1. The lowest BCUT2D eigenvalue weighted by Crippen LogP contribution is -2.38. The van der Waals surface area contributed by atoms with Gasteiger partial charge in [0.2, 0.25) is 5.43 Å². The monoisotopic (exact) mass is 525 g/mol. The fraction of sp³-hybridized carbons (Fsp3) is 0.258. The molecule has 4 aromatic rings. The second-order valence-corrected chi connectivity index (χ2v) is 9.47. The van der Waals surface area contributed by atoms with Crippen LogP contribution in [0, 0.1) is 6.92 Å². The highest BCUT2D eigenvalue weighted by Gasteiger charge is 2.27. The number of nitrogens with zero attached hydrogens (tertiary/aromatic N) is 3. The van der Waals surface area contributed by atoms with E-state index in [0.717, 1.165) is 52.4 Å². The number of anilines is 1. The SMILES string of the molecule is COc1ccc(COc2cn(Cc3ccc(OC)cc3C)c(C(=O)N3CCCc4ncccc43)cc2=O)cc1. The number of methoxy groups -OCH3 is 2. The highest BCUT2D eigenvalue weighted by Crippen LogP contribution is 2.27. The van der Waals surface area contributed by atoms with Gasteiger partial charge in [-0.3, -0.25) is 14.6 Å². The molecule has 1 amide bonds. The van der Waals surface area contributed by atoms with Crippen molar-refractivity contribution in [2.45, 2.75) is 32.9 Å². The Balaban J connectivity index is 1.51. The fourth-order valence-corrected chi connectivity index (χ4v) is 4.76. The van der Waals surface area contributed by atoms with Gasteiger partial charge in [-0.15, -0.1) is 0 Å². The maximum Gasteiger partial charge on any atom is 0.275 e. The van der Waals surface area contributed by atoms with Gasteiger partial charge >= 0.3 is 0 Å². The van der Waals surface area contributed by atoms with Crippen LogP contribution in [0.4, 0.5) is 5.69 Å². The molecule has 0 unspecified atom stereocenters. The molecule has 5 rings (SSSR count). The second kappa shape index (κ2) is 11.4. The van der Waals surface area contributed by atoms with Crippen molar-refractivity contribution in [2.24, 2.45) is 0 Å². The average Bonchev–Trinajstić information content (AvgIpc) is 2.97. The summed E-state index contributed by atoms with van der Waals surface area (Å²) in [4.78, 5) is 33.3. The first-order valence-electron chi connectivity index (χ1n) is 12.9. The molecule has 3 heterocycles. The van der Waals surface area contributed by atoms with Gasteiger partial charge in [0.15, 0.2) is 5.75 Å². The topological polar surface area (TPSA) is 82.9 Å². The van der Waals surface area contributed by atoms with Crippen LogP contribution in [-0.2, 0) is 19.6 Å². The number of benzene rings is 2. The number of ether oxygens (including phenoxy) is 3. The number of hydrogen-bond acceptors (Lipinski definition) is 6. The Morgan fingerprint density at radius 3 is 2.51 bits per heavy atom. The second-order valence-electron chi connectivity index (χ2n) is 9.47. The zero-order valence-electron chi connectivity index (χ0n) is 22.3. The molecule has 0 saturated carbocycles. The van der Waals surface area contributed by atoms with Crippen molar-refractivity contribution < 1.29 is 19.0 Å². The lowest BCUT2D eigenvalue weighted by Gasteiger charge is -2.29. The molecule has 0 N–H and O–H groups in total. The van der Waals surface area contributed by atoms with E-state index in [1.54, 1.807) is 36.1 Å². The summed E-state index contributed by atoms with van der Waals surface area (Å²) in [6.07, 6.45) is 5.00. The number of pyridine rings is 2. The fourth-order valence-electron chi connectivity index (χ4n) is 4.76. The van der Waals surface area contributed by atoms with Crippen molar-refractivity contribution in [3.8, 4) is 17.2 Å². The molecule has 0 fully saturated rings. The Kier molecular flexibility index (Phi) is 7.63. The molecule has 0 saturated heterocycles. The Labute approximate surface area is 227 Å². The van der Waals surface area contributed by atoms with Crippen LogP contribution in [0.25, 0.3) is 0 Å². The van der Waals surface area contributed by atoms with E-state index in [0.29, 0.717) is 18.8 Å². The van der Waals surface area contributed by atoms with Gasteiger partial charge in [0.05, 0.1) is 31.8 Å². The van der Waals surface area contributed by atoms with Crippen molar-refractivity contribution in [1.82, 2.24) is 9.55 Å². The first-order chi connectivity index (χ1) is 19.0. The van der Waals surface area contributed by atoms with Gasteiger partial charge < -0.3 is 23.7 Å². The van der Waals surface area contributed by atoms with Gasteiger partial charge in [-0.2, -0.15) is 0 Å². The number of rotatable bonds is 8. The molecule has 0 aliphatic carbocycles. The lowest BCUT2D eigenvalue weighted by molar-refractivity contribution is 0.0975. The van der Waals surface area contributed by atoms with E-state index in [-0.39, 0.29) is 23.7 Å². The van der Waals surface area contributed by atoms with E-state index in [9.17, 15) is 9.59 Å². The van der Waals surface area contributed by atoms with Crippen molar-refractivity contribution in [1.29, 1.82) is 0 Å². The van der Waals surface area contributed by atoms with Crippen molar-refractivity contribution in [2.75, 3.05) is 25.7 Å². The molecule has 2 aromatic carbocycles. The zero-order chi connectivity index (χ0) is 27.4. The average molecular weight is 526 g/mol. The standard InChI is InChI=1S/C31H31N3O5/c1-21-16-25(38-3)13-10-23(21)18-33-19-30(39-20-22-8-11-24(37-2)12-9-22)29(35)17-28(33)31(36)34-15-5-6-26-27(34)7-4-14-32-26/h4,7-14,16-17,19H,5-6,15,18,20H2,1-3H3. The van der Waals surface area contributed by atoms with E-state index in [1.165, 1.54) is 6.07 Å². The number of aromatic nitrogens is 2. The van der Waals surface area contributed by atoms with Gasteiger partial charge in [-0.25, -0.2) is 0 Å². The van der Waals surface area contributed by atoms with Gasteiger partial charge in [-0.05, 0) is 72.9 Å². The third-order valence-electron chi connectivity index (χ3n) is 6.95. The van der Waals surface area contributed by atoms with Crippen LogP contribution in [-0.4, -0.2) is 36.2 Å². The molecule has 1 aliphatic rings. The van der Waals surface area contributed by atoms with Crippen LogP contribution in [0.3, 0.4) is 0 Å². The lowest BCUT2D eigenvalue weighted by atomic mass is 10.1. The molecule has 8 nitrogen and oxygen atoms in total. The molecule has 1 aliphatic heterocycles. The van der Waals surface area contributed by atoms with Crippen molar-refractivity contribution in [3.05, 3.63) is 111 Å². The summed E-state index contributed by atoms with van der Waals surface area (Å²) in [6, 6.07) is 18.4. The summed E-state index contributed by atoms with van der Waals surface area (Å²) in [5, 5.41) is 0. The Bertz CT molecular complexity index is 1550. The van der Waals surface area contributed by atoms with Gasteiger partial charge in [-0.1, -0.05) is 18.2 Å². The number of hydrogen-bond donors (Lipinski definition) is 0. The summed E-state index contributed by atoms with van der Waals surface area (Å²) in [6.45, 7) is 3.14. The molecule has 0 bridgehead atoms. The minimum atomic E-state index is -0.349. The van der Waals surface area contributed by atoms with E-state index >= 15 is 0 Å². The van der Waals surface area contributed by atoms with E-state index < -0.39 is 0 Å². The summed E-state index contributed by atoms with van der Waals surface area (Å²) in [5.74, 6) is 1.44. The van der Waals surface area contributed by atoms with Gasteiger partial charge in [0.1, 0.15) is 23.8 Å². The maximum absolute atomic E-state index is 13.9. The summed E-state index contributed by atoms with van der Waals surface area (Å²) in [5.41, 5.74) is 4.52. The summed E-state index contributed by atoms with van der Waals surface area (Å²) < 4.78 is 18.3. The minimum absolute atomic E-state index is 0.175. The number of fused-ring (bicyclic) bond motifs is 1. The van der Waals surface area contributed by atoms with Crippen molar-refractivity contribution >= 4 is 11.6 Å². The normalized spacial score (nSPS) is 12.5. The van der Waals surface area contributed by atoms with Crippen LogP contribution < -0.4 is 24.5 Å². The molecule has 8 heteroatoms. The van der Waals surface area contributed by atoms with Crippen LogP contribution in [0.2, 0.25) is 0 Å². The quantitative estimate of drug-likeness (QED) is 0.329. The largest absolute Gasteiger partial charge is 0.497 e. The number of amides is 1. The number of carbonyl (C=O) groups excluding carboxylic acids is 1. The van der Waals surface area contributed by atoms with Gasteiger partial charge in [0, 0.05) is 25.4 Å². The predicted molar refractivity (Wildman–Crippen MR) is 149 cm³/mol. The predicted octanol–water partition coefficient (Wildman–Crippen LogP) is 4.79. The van der Waals surface area contributed by atoms with E-state index in [4.69, 9.17) is 14.2 Å². The van der Waals surface area contributed by atoms with Crippen LogP contribution in [0.5, 0.6) is 17.2 Å². The summed E-state index contributed by atoms with van der Waals surface area (Å²) >= 11 is 0. The highest BCUT2D eigenvalue weighted by molar-refractivity contribution is 6.05. The zero-order valence-corrected chi connectivity index (χ0v) is 22.3. The first kappa shape index (κ1) is 26.0. The Hall–Kier alpha value is -4.59. The molecule has 0 atom stereocenters. The molecule has 0 spiro atoms. The molecular weight excluding hydrogens is 494 g/mol. The molecular formula is C31H31N3O5. The highest BCUT2D eigenvalue weighted by atomic mass is 16.5. The molecule has 200 valence electrons. The molecule has 2 aromatic heterocycles. The van der Waals surface area contributed by atoms with Crippen LogP contribution in [0.15, 0.2) is 77.9 Å². The number of aryl methyl sites for hydroxylation is 2. The van der Waals surface area contributed by atoms with Crippen LogP contribution >= 0.6 is 0 Å². The smallest absolute Gasteiger partial charge is 0.275 e. The van der Waals surface area contributed by atoms with Crippen molar-refractivity contribution in [3.63, 3.8) is 0 Å². The first-order valence-corrected chi connectivity index (χ1v) is 12.9. The maximum atomic E-state index is 13.9. The molecule has 0 radical (unpaired) electrons.